The number of hydrogen-bond acceptors (Lipinski definition) is 3. The van der Waals surface area contributed by atoms with Crippen molar-refractivity contribution in [2.75, 3.05) is 4.90 Å². The topological polar surface area (TPSA) is 16.4 Å². The van der Waals surface area contributed by atoms with Crippen molar-refractivity contribution in [3.63, 3.8) is 0 Å². The minimum atomic E-state index is 0.165. The molecule has 55 heavy (non-hydrogen) atoms. The molecule has 0 radical (unpaired) electrons. The molecule has 14 rings (SSSR count). The molecule has 0 aliphatic heterocycles. The van der Waals surface area contributed by atoms with Gasteiger partial charge in [-0.2, -0.15) is 0 Å². The van der Waals surface area contributed by atoms with Crippen LogP contribution in [0.2, 0.25) is 0 Å². The van der Waals surface area contributed by atoms with Gasteiger partial charge in [0, 0.05) is 59.0 Å². The molecule has 264 valence electrons. The molecule has 0 N–H and O–H groups in total. The lowest BCUT2D eigenvalue weighted by Gasteiger charge is -2.61. The molecule has 0 amide bonds. The summed E-state index contributed by atoms with van der Waals surface area (Å²) in [5, 5.41) is 4.98. The van der Waals surface area contributed by atoms with Crippen molar-refractivity contribution >= 4 is 70.5 Å². The maximum absolute atomic E-state index is 6.47. The van der Waals surface area contributed by atoms with E-state index in [1.54, 1.807) is 11.1 Å². The SMILES string of the molecule is c1ccc2c(c1)-c1cc(N(c3ccc(-c4cccc5c4oc4ccccc45)cc3)c3ccc4c(c3)sc3ccccc34)ccc1C21C2CC3CC(C2)CC1C3. The van der Waals surface area contributed by atoms with Crippen LogP contribution in [0.1, 0.15) is 43.2 Å². The van der Waals surface area contributed by atoms with Gasteiger partial charge in [-0.15, -0.1) is 11.3 Å². The summed E-state index contributed by atoms with van der Waals surface area (Å²) in [6.07, 6.45) is 7.08. The molecule has 4 saturated carbocycles. The molecule has 0 atom stereocenters. The zero-order chi connectivity index (χ0) is 35.8. The first kappa shape index (κ1) is 30.7. The number of furan rings is 1. The predicted octanol–water partition coefficient (Wildman–Crippen LogP) is 14.8. The second-order valence-electron chi connectivity index (χ2n) is 16.9. The molecule has 0 unspecified atom stereocenters. The van der Waals surface area contributed by atoms with Gasteiger partial charge >= 0.3 is 0 Å². The fraction of sp³-hybridized carbons (Fsp3) is 0.192. The number of fused-ring (bicyclic) bond motifs is 9. The lowest BCUT2D eigenvalue weighted by atomic mass is 9.43. The number of anilines is 3. The monoisotopic (exact) mass is 725 g/mol. The van der Waals surface area contributed by atoms with Crippen molar-refractivity contribution in [2.24, 2.45) is 23.7 Å². The molecule has 4 fully saturated rings. The molecule has 0 saturated heterocycles. The van der Waals surface area contributed by atoms with Crippen LogP contribution in [-0.2, 0) is 5.41 Å². The number of hydrogen-bond donors (Lipinski definition) is 0. The maximum atomic E-state index is 6.47. The lowest BCUT2D eigenvalue weighted by molar-refractivity contribution is -0.0399. The Bertz CT molecular complexity index is 2990. The predicted molar refractivity (Wildman–Crippen MR) is 230 cm³/mol. The summed E-state index contributed by atoms with van der Waals surface area (Å²) in [6, 6.07) is 56.9. The van der Waals surface area contributed by atoms with Gasteiger partial charge in [-0.1, -0.05) is 103 Å². The molecule has 5 aliphatic carbocycles. The highest BCUT2D eigenvalue weighted by atomic mass is 32.1. The Balaban J connectivity index is 0.982. The first-order valence-electron chi connectivity index (χ1n) is 20.2. The van der Waals surface area contributed by atoms with Crippen LogP contribution in [0.25, 0.3) is 64.4 Å². The number of benzene rings is 7. The summed E-state index contributed by atoms with van der Waals surface area (Å²) in [4.78, 5) is 2.49. The van der Waals surface area contributed by atoms with Crippen LogP contribution >= 0.6 is 11.3 Å². The summed E-state index contributed by atoms with van der Waals surface area (Å²) in [5.41, 5.74) is 14.0. The van der Waals surface area contributed by atoms with E-state index in [1.165, 1.54) is 74.8 Å². The highest BCUT2D eigenvalue weighted by Gasteiger charge is 2.61. The van der Waals surface area contributed by atoms with Crippen molar-refractivity contribution < 1.29 is 4.42 Å². The fourth-order valence-electron chi connectivity index (χ4n) is 12.4. The van der Waals surface area contributed by atoms with Gasteiger partial charge in [-0.05, 0) is 132 Å². The lowest BCUT2D eigenvalue weighted by Crippen LogP contribution is -2.55. The zero-order valence-electron chi connectivity index (χ0n) is 30.5. The maximum Gasteiger partial charge on any atom is 0.143 e. The van der Waals surface area contributed by atoms with Gasteiger partial charge in [0.15, 0.2) is 0 Å². The highest BCUT2D eigenvalue weighted by molar-refractivity contribution is 7.25. The minimum Gasteiger partial charge on any atom is -0.455 e. The Morgan fingerprint density at radius 2 is 1.11 bits per heavy atom. The Hall–Kier alpha value is -5.64. The molecule has 5 aliphatic rings. The molecule has 3 heteroatoms. The van der Waals surface area contributed by atoms with Gasteiger partial charge in [-0.25, -0.2) is 0 Å². The summed E-state index contributed by atoms with van der Waals surface area (Å²) in [7, 11) is 0. The van der Waals surface area contributed by atoms with E-state index < -0.39 is 0 Å². The number of thiophene rings is 1. The Kier molecular flexibility index (Phi) is 6.25. The van der Waals surface area contributed by atoms with Gasteiger partial charge in [0.2, 0.25) is 0 Å². The van der Waals surface area contributed by atoms with E-state index in [4.69, 9.17) is 4.42 Å². The van der Waals surface area contributed by atoms with Gasteiger partial charge in [0.05, 0.1) is 0 Å². The van der Waals surface area contributed by atoms with Crippen LogP contribution in [0.15, 0.2) is 156 Å². The van der Waals surface area contributed by atoms with Gasteiger partial charge in [0.25, 0.3) is 0 Å². The summed E-state index contributed by atoms with van der Waals surface area (Å²) < 4.78 is 9.11. The molecular weight excluding hydrogens is 687 g/mol. The van der Waals surface area contributed by atoms with Gasteiger partial charge < -0.3 is 9.32 Å². The van der Waals surface area contributed by atoms with Crippen molar-refractivity contribution in [1.29, 1.82) is 0 Å². The van der Waals surface area contributed by atoms with Gasteiger partial charge in [-0.3, -0.25) is 0 Å². The van der Waals surface area contributed by atoms with Crippen LogP contribution in [0.5, 0.6) is 0 Å². The molecule has 2 nitrogen and oxygen atoms in total. The average Bonchev–Trinajstić information content (AvgIpc) is 3.88. The standard InChI is InChI=1S/C52H39NOS/c1-4-13-46-40(8-1)45-29-37(21-23-47(45)52(46)34-25-31-24-32(27-34)28-35(52)26-31)53(38-20-22-43-42-10-3-6-15-49(42)55-50(43)30-38)36-18-16-33(17-19-36)39-11-7-12-44-41-9-2-5-14-48(41)54-51(39)44/h1-23,29-32,34-35H,24-28H2. The summed E-state index contributed by atoms with van der Waals surface area (Å²) in [5.74, 6) is 3.38. The van der Waals surface area contributed by atoms with E-state index in [0.717, 1.165) is 62.4 Å². The molecule has 4 bridgehead atoms. The van der Waals surface area contributed by atoms with E-state index >= 15 is 0 Å². The van der Waals surface area contributed by atoms with E-state index in [-0.39, 0.29) is 5.41 Å². The number of para-hydroxylation sites is 2. The Morgan fingerprint density at radius 1 is 0.473 bits per heavy atom. The molecule has 7 aromatic carbocycles. The molecule has 2 heterocycles. The van der Waals surface area contributed by atoms with Crippen LogP contribution in [0.3, 0.4) is 0 Å². The molecule has 9 aromatic rings. The first-order chi connectivity index (χ1) is 27.2. The second-order valence-corrected chi connectivity index (χ2v) is 18.0. The largest absolute Gasteiger partial charge is 0.455 e. The number of rotatable bonds is 4. The van der Waals surface area contributed by atoms with Crippen molar-refractivity contribution in [3.05, 3.63) is 163 Å². The van der Waals surface area contributed by atoms with Crippen LogP contribution in [-0.4, -0.2) is 0 Å². The average molecular weight is 726 g/mol. The van der Waals surface area contributed by atoms with E-state index in [2.05, 4.69) is 150 Å². The molecule has 2 aromatic heterocycles. The fourth-order valence-corrected chi connectivity index (χ4v) is 13.5. The molecule has 1 spiro atoms. The second kappa shape index (κ2) is 11.2. The normalized spacial score (nSPS) is 23.3. The van der Waals surface area contributed by atoms with Crippen LogP contribution in [0.4, 0.5) is 17.1 Å². The van der Waals surface area contributed by atoms with Crippen molar-refractivity contribution in [3.8, 4) is 22.3 Å². The van der Waals surface area contributed by atoms with E-state index in [1.807, 2.05) is 17.4 Å². The Labute approximate surface area is 324 Å². The summed E-state index contributed by atoms with van der Waals surface area (Å²) >= 11 is 1.89. The number of nitrogens with zero attached hydrogens (tertiary/aromatic N) is 1. The smallest absolute Gasteiger partial charge is 0.143 e. The van der Waals surface area contributed by atoms with Crippen LogP contribution < -0.4 is 4.90 Å². The van der Waals surface area contributed by atoms with E-state index in [9.17, 15) is 0 Å². The van der Waals surface area contributed by atoms with Crippen molar-refractivity contribution in [2.45, 2.75) is 37.5 Å². The van der Waals surface area contributed by atoms with Crippen LogP contribution in [0, 0.1) is 23.7 Å². The third-order valence-corrected chi connectivity index (χ3v) is 15.4. The molecular formula is C52H39NOS. The minimum absolute atomic E-state index is 0.165. The Morgan fingerprint density at radius 3 is 1.96 bits per heavy atom. The third kappa shape index (κ3) is 4.20. The first-order valence-corrected chi connectivity index (χ1v) is 21.0. The van der Waals surface area contributed by atoms with Gasteiger partial charge in [0.1, 0.15) is 11.2 Å². The quantitative estimate of drug-likeness (QED) is 0.180. The third-order valence-electron chi connectivity index (χ3n) is 14.3. The van der Waals surface area contributed by atoms with E-state index in [0.29, 0.717) is 0 Å². The summed E-state index contributed by atoms with van der Waals surface area (Å²) in [6.45, 7) is 0. The van der Waals surface area contributed by atoms with Crippen molar-refractivity contribution in [1.82, 2.24) is 0 Å². The highest BCUT2D eigenvalue weighted by Crippen LogP contribution is 2.69. The zero-order valence-corrected chi connectivity index (χ0v) is 31.4.